The predicted octanol–water partition coefficient (Wildman–Crippen LogP) is 10.5. The number of furan rings is 2. The second-order valence-corrected chi connectivity index (χ2v) is 9.69. The van der Waals surface area contributed by atoms with Crippen molar-refractivity contribution in [1.29, 1.82) is 0 Å². The molecule has 2 aromatic heterocycles. The van der Waals surface area contributed by atoms with E-state index in [0.29, 0.717) is 0 Å². The number of fused-ring (bicyclic) bond motifs is 6. The minimum atomic E-state index is 0.852. The summed E-state index contributed by atoms with van der Waals surface area (Å²) in [5, 5.41) is 6.88. The van der Waals surface area contributed by atoms with Gasteiger partial charge in [0.25, 0.3) is 0 Å². The zero-order chi connectivity index (χ0) is 25.1. The Morgan fingerprint density at radius 2 is 1.05 bits per heavy atom. The average molecular weight is 487 g/mol. The lowest BCUT2D eigenvalue weighted by Crippen LogP contribution is -1.83. The lowest BCUT2D eigenvalue weighted by atomic mass is 9.96. The summed E-state index contributed by atoms with van der Waals surface area (Å²) in [7, 11) is 0. The largest absolute Gasteiger partial charge is 0.456 e. The average Bonchev–Trinajstić information content (AvgIpc) is 3.56. The SMILES string of the molecule is c1ccc(-c2ccccc2-c2oc(-c3ccc4c(c3)oc3ccc5ccccc5c34)c3ccccc23)cc1. The predicted molar refractivity (Wildman–Crippen MR) is 157 cm³/mol. The third kappa shape index (κ3) is 3.14. The Kier molecular flexibility index (Phi) is 4.55. The van der Waals surface area contributed by atoms with Crippen LogP contribution < -0.4 is 0 Å². The molecule has 0 spiro atoms. The zero-order valence-corrected chi connectivity index (χ0v) is 20.5. The van der Waals surface area contributed by atoms with Crippen LogP contribution in [0, 0.1) is 0 Å². The van der Waals surface area contributed by atoms with E-state index in [9.17, 15) is 0 Å². The second-order valence-electron chi connectivity index (χ2n) is 9.69. The van der Waals surface area contributed by atoms with Gasteiger partial charge in [0.1, 0.15) is 22.7 Å². The molecule has 0 saturated heterocycles. The minimum absolute atomic E-state index is 0.852. The standard InChI is InChI=1S/C36H22O2/c1-2-10-23(11-3-1)26-13-6-7-15-28(26)36-30-17-9-8-16-29(30)35(38-36)25-18-20-31-33(22-25)37-32-21-19-24-12-4-5-14-27(24)34(31)32/h1-22H. The van der Waals surface area contributed by atoms with Gasteiger partial charge in [-0.1, -0.05) is 115 Å². The summed E-state index contributed by atoms with van der Waals surface area (Å²) in [5.41, 5.74) is 6.16. The first kappa shape index (κ1) is 21.0. The Labute approximate surface area is 219 Å². The van der Waals surface area contributed by atoms with Gasteiger partial charge < -0.3 is 8.83 Å². The first-order valence-corrected chi connectivity index (χ1v) is 12.9. The topological polar surface area (TPSA) is 26.3 Å². The summed E-state index contributed by atoms with van der Waals surface area (Å²) >= 11 is 0. The molecule has 0 aliphatic heterocycles. The van der Waals surface area contributed by atoms with E-state index in [1.165, 1.54) is 16.3 Å². The third-order valence-electron chi connectivity index (χ3n) is 7.50. The minimum Gasteiger partial charge on any atom is -0.456 e. The Balaban J connectivity index is 1.35. The number of rotatable bonds is 3. The highest BCUT2D eigenvalue weighted by molar-refractivity contribution is 6.19. The van der Waals surface area contributed by atoms with Crippen LogP contribution in [0.15, 0.2) is 142 Å². The van der Waals surface area contributed by atoms with Crippen LogP contribution in [0.2, 0.25) is 0 Å². The van der Waals surface area contributed by atoms with Crippen molar-refractivity contribution in [1.82, 2.24) is 0 Å². The lowest BCUT2D eigenvalue weighted by Gasteiger charge is -2.08. The maximum Gasteiger partial charge on any atom is 0.143 e. The molecule has 0 aliphatic rings. The van der Waals surface area contributed by atoms with Gasteiger partial charge in [-0.3, -0.25) is 0 Å². The van der Waals surface area contributed by atoms with Crippen molar-refractivity contribution in [2.24, 2.45) is 0 Å². The number of hydrogen-bond donors (Lipinski definition) is 0. The molecular formula is C36H22O2. The van der Waals surface area contributed by atoms with Crippen LogP contribution in [-0.2, 0) is 0 Å². The molecule has 0 bridgehead atoms. The Hall–Kier alpha value is -5.08. The second kappa shape index (κ2) is 8.22. The molecule has 0 saturated carbocycles. The first-order valence-electron chi connectivity index (χ1n) is 12.9. The highest BCUT2D eigenvalue weighted by Crippen LogP contribution is 2.44. The van der Waals surface area contributed by atoms with Crippen molar-refractivity contribution in [3.63, 3.8) is 0 Å². The molecule has 178 valence electrons. The smallest absolute Gasteiger partial charge is 0.143 e. The summed E-state index contributed by atoms with van der Waals surface area (Å²) in [6, 6.07) is 46.4. The van der Waals surface area contributed by atoms with E-state index in [1.54, 1.807) is 0 Å². The maximum absolute atomic E-state index is 6.75. The van der Waals surface area contributed by atoms with Crippen LogP contribution in [0.4, 0.5) is 0 Å². The van der Waals surface area contributed by atoms with Crippen LogP contribution >= 0.6 is 0 Å². The van der Waals surface area contributed by atoms with Crippen LogP contribution in [-0.4, -0.2) is 0 Å². The molecular weight excluding hydrogens is 464 g/mol. The normalized spacial score (nSPS) is 11.7. The van der Waals surface area contributed by atoms with E-state index in [-0.39, 0.29) is 0 Å². The van der Waals surface area contributed by atoms with Crippen molar-refractivity contribution < 1.29 is 8.83 Å². The van der Waals surface area contributed by atoms with Gasteiger partial charge in [-0.25, -0.2) is 0 Å². The molecule has 0 fully saturated rings. The van der Waals surface area contributed by atoms with Crippen LogP contribution in [0.3, 0.4) is 0 Å². The van der Waals surface area contributed by atoms with Gasteiger partial charge in [-0.05, 0) is 40.1 Å². The molecule has 38 heavy (non-hydrogen) atoms. The molecule has 0 unspecified atom stereocenters. The zero-order valence-electron chi connectivity index (χ0n) is 20.5. The van der Waals surface area contributed by atoms with Crippen molar-refractivity contribution in [3.05, 3.63) is 133 Å². The fourth-order valence-corrected chi connectivity index (χ4v) is 5.74. The van der Waals surface area contributed by atoms with Crippen molar-refractivity contribution in [3.8, 4) is 33.8 Å². The first-order chi connectivity index (χ1) is 18.8. The van der Waals surface area contributed by atoms with Gasteiger partial charge >= 0.3 is 0 Å². The fourth-order valence-electron chi connectivity index (χ4n) is 5.74. The van der Waals surface area contributed by atoms with Crippen LogP contribution in [0.5, 0.6) is 0 Å². The van der Waals surface area contributed by atoms with E-state index in [0.717, 1.165) is 60.9 Å². The van der Waals surface area contributed by atoms with E-state index in [4.69, 9.17) is 8.83 Å². The molecule has 8 rings (SSSR count). The molecule has 0 N–H and O–H groups in total. The molecule has 6 aromatic carbocycles. The fraction of sp³-hybridized carbons (Fsp3) is 0. The highest BCUT2D eigenvalue weighted by Gasteiger charge is 2.20. The molecule has 2 heteroatoms. The van der Waals surface area contributed by atoms with Gasteiger partial charge in [-0.2, -0.15) is 0 Å². The van der Waals surface area contributed by atoms with E-state index < -0.39 is 0 Å². The molecule has 2 nitrogen and oxygen atoms in total. The maximum atomic E-state index is 6.75. The Morgan fingerprint density at radius 1 is 0.368 bits per heavy atom. The quantitative estimate of drug-likeness (QED) is 0.248. The van der Waals surface area contributed by atoms with Gasteiger partial charge in [0.2, 0.25) is 0 Å². The van der Waals surface area contributed by atoms with Gasteiger partial charge in [0, 0.05) is 32.7 Å². The van der Waals surface area contributed by atoms with Gasteiger partial charge in [0.05, 0.1) is 0 Å². The summed E-state index contributed by atoms with van der Waals surface area (Å²) < 4.78 is 13.1. The summed E-state index contributed by atoms with van der Waals surface area (Å²) in [6.07, 6.45) is 0. The molecule has 0 aliphatic carbocycles. The number of benzene rings is 6. The Morgan fingerprint density at radius 3 is 1.89 bits per heavy atom. The highest BCUT2D eigenvalue weighted by atomic mass is 16.3. The molecule has 0 amide bonds. The van der Waals surface area contributed by atoms with Crippen LogP contribution in [0.1, 0.15) is 0 Å². The van der Waals surface area contributed by atoms with Gasteiger partial charge in [-0.15, -0.1) is 0 Å². The summed E-state index contributed by atoms with van der Waals surface area (Å²) in [4.78, 5) is 0. The molecule has 8 aromatic rings. The van der Waals surface area contributed by atoms with E-state index >= 15 is 0 Å². The molecule has 0 atom stereocenters. The van der Waals surface area contributed by atoms with E-state index in [1.807, 2.05) is 6.07 Å². The molecule has 2 heterocycles. The molecule has 0 radical (unpaired) electrons. The number of hydrogen-bond acceptors (Lipinski definition) is 2. The van der Waals surface area contributed by atoms with Crippen molar-refractivity contribution in [2.75, 3.05) is 0 Å². The van der Waals surface area contributed by atoms with E-state index in [2.05, 4.69) is 127 Å². The van der Waals surface area contributed by atoms with Crippen molar-refractivity contribution >= 4 is 43.5 Å². The Bertz CT molecular complexity index is 2130. The van der Waals surface area contributed by atoms with Gasteiger partial charge in [0.15, 0.2) is 0 Å². The lowest BCUT2D eigenvalue weighted by molar-refractivity contribution is 0.602. The van der Waals surface area contributed by atoms with Crippen molar-refractivity contribution in [2.45, 2.75) is 0 Å². The summed E-state index contributed by atoms with van der Waals surface area (Å²) in [5.74, 6) is 1.73. The monoisotopic (exact) mass is 486 g/mol. The summed E-state index contributed by atoms with van der Waals surface area (Å²) in [6.45, 7) is 0. The van der Waals surface area contributed by atoms with Crippen LogP contribution in [0.25, 0.3) is 77.3 Å². The third-order valence-corrected chi connectivity index (χ3v) is 7.50.